The van der Waals surface area contributed by atoms with Crippen molar-refractivity contribution in [3.63, 3.8) is 0 Å². The molecule has 0 saturated heterocycles. The van der Waals surface area contributed by atoms with E-state index in [1.807, 2.05) is 0 Å². The van der Waals surface area contributed by atoms with E-state index in [4.69, 9.17) is 5.73 Å². The third-order valence-electron chi connectivity index (χ3n) is 3.07. The predicted molar refractivity (Wildman–Crippen MR) is 49.3 cm³/mol. The summed E-state index contributed by atoms with van der Waals surface area (Å²) >= 11 is 0. The summed E-state index contributed by atoms with van der Waals surface area (Å²) in [4.78, 5) is 0. The van der Waals surface area contributed by atoms with E-state index in [1.165, 1.54) is 19.3 Å². The van der Waals surface area contributed by atoms with Crippen molar-refractivity contribution in [1.29, 1.82) is 0 Å². The molecule has 1 rings (SSSR count). The minimum absolute atomic E-state index is 0.471. The van der Waals surface area contributed by atoms with Crippen LogP contribution < -0.4 is 5.73 Å². The number of nitrogens with two attached hydrogens (primary N) is 1. The molecule has 0 heterocycles. The molecule has 1 saturated carbocycles. The van der Waals surface area contributed by atoms with Crippen molar-refractivity contribution in [1.82, 2.24) is 0 Å². The van der Waals surface area contributed by atoms with Gasteiger partial charge in [0.05, 0.1) is 0 Å². The van der Waals surface area contributed by atoms with Gasteiger partial charge in [0.25, 0.3) is 0 Å². The van der Waals surface area contributed by atoms with Gasteiger partial charge in [0.1, 0.15) is 0 Å². The highest BCUT2D eigenvalue weighted by Crippen LogP contribution is 2.31. The van der Waals surface area contributed by atoms with E-state index in [1.54, 1.807) is 0 Å². The van der Waals surface area contributed by atoms with Gasteiger partial charge in [-0.25, -0.2) is 0 Å². The van der Waals surface area contributed by atoms with Crippen molar-refractivity contribution in [2.45, 2.75) is 46.1 Å². The molecule has 1 fully saturated rings. The van der Waals surface area contributed by atoms with Crippen LogP contribution in [0.5, 0.6) is 0 Å². The van der Waals surface area contributed by atoms with Crippen molar-refractivity contribution >= 4 is 0 Å². The molecule has 0 bridgehead atoms. The fourth-order valence-electron chi connectivity index (χ4n) is 2.28. The molecule has 2 N–H and O–H groups in total. The molecule has 1 aliphatic rings. The minimum atomic E-state index is 0.471. The Hall–Kier alpha value is -0.0400. The zero-order valence-corrected chi connectivity index (χ0v) is 8.01. The first-order chi connectivity index (χ1) is 5.11. The van der Waals surface area contributed by atoms with Crippen LogP contribution in [0, 0.1) is 17.8 Å². The van der Waals surface area contributed by atoms with Crippen LogP contribution in [-0.4, -0.2) is 6.04 Å². The van der Waals surface area contributed by atoms with Crippen LogP contribution in [0.4, 0.5) is 0 Å². The Labute approximate surface area is 70.4 Å². The normalized spacial score (nSPS) is 39.5. The number of rotatable bonds is 1. The quantitative estimate of drug-likeness (QED) is 0.618. The third kappa shape index (κ3) is 2.19. The molecule has 0 spiro atoms. The molecule has 0 radical (unpaired) electrons. The van der Waals surface area contributed by atoms with Gasteiger partial charge in [0.15, 0.2) is 0 Å². The Balaban J connectivity index is 2.44. The van der Waals surface area contributed by atoms with Crippen LogP contribution in [0.15, 0.2) is 0 Å². The van der Waals surface area contributed by atoms with Crippen LogP contribution in [0.25, 0.3) is 0 Å². The fraction of sp³-hybridized carbons (Fsp3) is 1.00. The zero-order chi connectivity index (χ0) is 8.43. The van der Waals surface area contributed by atoms with Crippen LogP contribution in [0.2, 0.25) is 0 Å². The van der Waals surface area contributed by atoms with Crippen molar-refractivity contribution in [3.8, 4) is 0 Å². The predicted octanol–water partition coefficient (Wildman–Crippen LogP) is 2.41. The van der Waals surface area contributed by atoms with Crippen molar-refractivity contribution in [2.75, 3.05) is 0 Å². The molecule has 11 heavy (non-hydrogen) atoms. The first kappa shape index (κ1) is 9.05. The Bertz CT molecular complexity index is 120. The molecule has 66 valence electrons. The van der Waals surface area contributed by atoms with Gasteiger partial charge < -0.3 is 5.73 Å². The SMILES string of the molecule is CC1CCC(C(C)C)C(N)C1. The lowest BCUT2D eigenvalue weighted by Crippen LogP contribution is -2.38. The van der Waals surface area contributed by atoms with E-state index in [9.17, 15) is 0 Å². The zero-order valence-electron chi connectivity index (χ0n) is 8.01. The van der Waals surface area contributed by atoms with Crippen molar-refractivity contribution < 1.29 is 0 Å². The monoisotopic (exact) mass is 155 g/mol. The lowest BCUT2D eigenvalue weighted by atomic mass is 9.74. The van der Waals surface area contributed by atoms with Gasteiger partial charge >= 0.3 is 0 Å². The van der Waals surface area contributed by atoms with E-state index in [0.29, 0.717) is 6.04 Å². The van der Waals surface area contributed by atoms with Crippen LogP contribution in [0.3, 0.4) is 0 Å². The molecule has 0 aliphatic heterocycles. The second-order valence-electron chi connectivity index (χ2n) is 4.49. The Morgan fingerprint density at radius 1 is 1.27 bits per heavy atom. The number of hydrogen-bond donors (Lipinski definition) is 1. The van der Waals surface area contributed by atoms with E-state index >= 15 is 0 Å². The largest absolute Gasteiger partial charge is 0.327 e. The van der Waals surface area contributed by atoms with Gasteiger partial charge in [0, 0.05) is 6.04 Å². The maximum atomic E-state index is 6.07. The van der Waals surface area contributed by atoms with Crippen LogP contribution in [-0.2, 0) is 0 Å². The van der Waals surface area contributed by atoms with Crippen LogP contribution in [0.1, 0.15) is 40.0 Å². The lowest BCUT2D eigenvalue weighted by molar-refractivity contribution is 0.199. The average Bonchev–Trinajstić information content (AvgIpc) is 1.85. The highest BCUT2D eigenvalue weighted by atomic mass is 14.7. The summed E-state index contributed by atoms with van der Waals surface area (Å²) in [5, 5.41) is 0. The Morgan fingerprint density at radius 2 is 1.91 bits per heavy atom. The molecule has 3 unspecified atom stereocenters. The number of hydrogen-bond acceptors (Lipinski definition) is 1. The molecule has 0 amide bonds. The van der Waals surface area contributed by atoms with Gasteiger partial charge in [-0.05, 0) is 30.6 Å². The third-order valence-corrected chi connectivity index (χ3v) is 3.07. The molecular weight excluding hydrogens is 134 g/mol. The van der Waals surface area contributed by atoms with E-state index in [0.717, 1.165) is 17.8 Å². The van der Waals surface area contributed by atoms with Crippen LogP contribution >= 0.6 is 0 Å². The van der Waals surface area contributed by atoms with E-state index in [-0.39, 0.29) is 0 Å². The first-order valence-electron chi connectivity index (χ1n) is 4.87. The summed E-state index contributed by atoms with van der Waals surface area (Å²) in [6.45, 7) is 6.90. The maximum Gasteiger partial charge on any atom is 0.00721 e. The Kier molecular flexibility index (Phi) is 2.94. The van der Waals surface area contributed by atoms with Gasteiger partial charge in [-0.15, -0.1) is 0 Å². The molecule has 0 aromatic rings. The van der Waals surface area contributed by atoms with Gasteiger partial charge in [-0.2, -0.15) is 0 Å². The smallest absolute Gasteiger partial charge is 0.00721 e. The maximum absolute atomic E-state index is 6.07. The van der Waals surface area contributed by atoms with Gasteiger partial charge in [-0.3, -0.25) is 0 Å². The lowest BCUT2D eigenvalue weighted by Gasteiger charge is -2.34. The van der Waals surface area contributed by atoms with Crippen molar-refractivity contribution in [2.24, 2.45) is 23.5 Å². The second-order valence-corrected chi connectivity index (χ2v) is 4.49. The first-order valence-corrected chi connectivity index (χ1v) is 4.87. The summed E-state index contributed by atoms with van der Waals surface area (Å²) in [7, 11) is 0. The molecule has 1 nitrogen and oxygen atoms in total. The fourth-order valence-corrected chi connectivity index (χ4v) is 2.28. The summed E-state index contributed by atoms with van der Waals surface area (Å²) in [6.07, 6.45) is 3.97. The Morgan fingerprint density at radius 3 is 2.36 bits per heavy atom. The standard InChI is InChI=1S/C10H21N/c1-7(2)9-5-4-8(3)6-10(9)11/h7-10H,4-6,11H2,1-3H3. The summed E-state index contributed by atoms with van der Waals surface area (Å²) in [5.41, 5.74) is 6.07. The van der Waals surface area contributed by atoms with Gasteiger partial charge in [0.2, 0.25) is 0 Å². The molecule has 1 heteroatoms. The second kappa shape index (κ2) is 3.57. The summed E-state index contributed by atoms with van der Waals surface area (Å²) < 4.78 is 0. The minimum Gasteiger partial charge on any atom is -0.327 e. The summed E-state index contributed by atoms with van der Waals surface area (Å²) in [6, 6.07) is 0.471. The average molecular weight is 155 g/mol. The highest BCUT2D eigenvalue weighted by Gasteiger charge is 2.27. The highest BCUT2D eigenvalue weighted by molar-refractivity contribution is 4.82. The van der Waals surface area contributed by atoms with E-state index in [2.05, 4.69) is 20.8 Å². The summed E-state index contributed by atoms with van der Waals surface area (Å²) in [5.74, 6) is 2.42. The molecular formula is C10H21N. The molecule has 1 aliphatic carbocycles. The molecule has 3 atom stereocenters. The molecule has 0 aromatic carbocycles. The van der Waals surface area contributed by atoms with Gasteiger partial charge in [-0.1, -0.05) is 27.2 Å². The van der Waals surface area contributed by atoms with E-state index < -0.39 is 0 Å². The topological polar surface area (TPSA) is 26.0 Å². The molecule has 0 aromatic heterocycles. The van der Waals surface area contributed by atoms with Crippen molar-refractivity contribution in [3.05, 3.63) is 0 Å².